The Morgan fingerprint density at radius 3 is 2.89 bits per heavy atom. The highest BCUT2D eigenvalue weighted by molar-refractivity contribution is 9.10. The molecule has 0 saturated carbocycles. The van der Waals surface area contributed by atoms with Gasteiger partial charge >= 0.3 is 5.97 Å². The molecule has 2 heterocycles. The Morgan fingerprint density at radius 1 is 1.53 bits per heavy atom. The molecule has 0 unspecified atom stereocenters. The summed E-state index contributed by atoms with van der Waals surface area (Å²) in [5.74, 6) is -0.529. The predicted octanol–water partition coefficient (Wildman–Crippen LogP) is 2.16. The monoisotopic (exact) mass is 318 g/mol. The van der Waals surface area contributed by atoms with E-state index in [1.165, 1.54) is 4.57 Å². The number of aryl methyl sites for hydroxylation is 1. The van der Waals surface area contributed by atoms with Crippen LogP contribution < -0.4 is 0 Å². The number of fused-ring (bicyclic) bond motifs is 3. The SMILES string of the molecule is Cn1c(C(=O)O)c(Br)n2c3cc(C#N)ccc3nc12. The molecule has 0 saturated heterocycles. The molecule has 2 aromatic heterocycles. The number of aromatic carboxylic acids is 1. The molecule has 0 aliphatic carbocycles. The zero-order chi connectivity index (χ0) is 13.7. The molecule has 19 heavy (non-hydrogen) atoms. The van der Waals surface area contributed by atoms with E-state index < -0.39 is 5.97 Å². The third-order valence-electron chi connectivity index (χ3n) is 3.00. The van der Waals surface area contributed by atoms with Crippen molar-refractivity contribution in [1.29, 1.82) is 5.26 Å². The maximum Gasteiger partial charge on any atom is 0.355 e. The van der Waals surface area contributed by atoms with Crippen molar-refractivity contribution in [2.24, 2.45) is 7.05 Å². The van der Waals surface area contributed by atoms with E-state index in [1.54, 1.807) is 29.6 Å². The standard InChI is InChI=1S/C12H7BrN4O2/c1-16-9(11(18)19)10(13)17-8-4-6(5-14)2-3-7(8)15-12(16)17/h2-4H,1H3,(H,18,19). The Balaban J connectivity index is 2.52. The van der Waals surface area contributed by atoms with E-state index in [0.717, 1.165) is 0 Å². The Kier molecular flexibility index (Phi) is 2.37. The second kappa shape index (κ2) is 3.83. The summed E-state index contributed by atoms with van der Waals surface area (Å²) < 4.78 is 3.59. The Morgan fingerprint density at radius 2 is 2.26 bits per heavy atom. The van der Waals surface area contributed by atoms with E-state index in [2.05, 4.69) is 27.0 Å². The molecule has 0 aliphatic heterocycles. The number of carboxylic acids is 1. The molecule has 0 atom stereocenters. The van der Waals surface area contributed by atoms with Gasteiger partial charge in [-0.15, -0.1) is 0 Å². The lowest BCUT2D eigenvalue weighted by Gasteiger charge is -1.96. The summed E-state index contributed by atoms with van der Waals surface area (Å²) in [4.78, 5) is 15.6. The fourth-order valence-corrected chi connectivity index (χ4v) is 2.91. The van der Waals surface area contributed by atoms with Crippen LogP contribution >= 0.6 is 15.9 Å². The topological polar surface area (TPSA) is 83.3 Å². The van der Waals surface area contributed by atoms with Crippen LogP contribution in [0.15, 0.2) is 22.8 Å². The highest BCUT2D eigenvalue weighted by atomic mass is 79.9. The summed E-state index contributed by atoms with van der Waals surface area (Å²) in [7, 11) is 1.64. The van der Waals surface area contributed by atoms with Crippen LogP contribution in [-0.4, -0.2) is 25.0 Å². The van der Waals surface area contributed by atoms with Gasteiger partial charge in [0.2, 0.25) is 5.78 Å². The maximum absolute atomic E-state index is 11.2. The molecule has 0 amide bonds. The van der Waals surface area contributed by atoms with Crippen molar-refractivity contribution < 1.29 is 9.90 Å². The highest BCUT2D eigenvalue weighted by Crippen LogP contribution is 2.27. The largest absolute Gasteiger partial charge is 0.476 e. The van der Waals surface area contributed by atoms with Gasteiger partial charge in [0, 0.05) is 7.05 Å². The summed E-state index contributed by atoms with van der Waals surface area (Å²) >= 11 is 3.29. The van der Waals surface area contributed by atoms with Gasteiger partial charge in [-0.3, -0.25) is 4.40 Å². The van der Waals surface area contributed by atoms with Gasteiger partial charge in [0.15, 0.2) is 5.69 Å². The van der Waals surface area contributed by atoms with Gasteiger partial charge in [0.25, 0.3) is 0 Å². The normalized spacial score (nSPS) is 11.0. The molecule has 6 nitrogen and oxygen atoms in total. The number of benzene rings is 1. The number of nitriles is 1. The van der Waals surface area contributed by atoms with Crippen LogP contribution in [0, 0.1) is 11.3 Å². The summed E-state index contributed by atoms with van der Waals surface area (Å²) in [6, 6.07) is 7.17. The Labute approximate surface area is 115 Å². The second-order valence-electron chi connectivity index (χ2n) is 4.07. The van der Waals surface area contributed by atoms with Crippen LogP contribution in [0.1, 0.15) is 16.1 Å². The number of aromatic nitrogens is 3. The molecule has 1 N–H and O–H groups in total. The number of carbonyl (C=O) groups is 1. The third-order valence-corrected chi connectivity index (χ3v) is 3.73. The molecule has 0 radical (unpaired) electrons. The highest BCUT2D eigenvalue weighted by Gasteiger charge is 2.22. The minimum absolute atomic E-state index is 0.117. The maximum atomic E-state index is 11.2. The van der Waals surface area contributed by atoms with Crippen molar-refractivity contribution in [2.75, 3.05) is 0 Å². The lowest BCUT2D eigenvalue weighted by atomic mass is 10.2. The first-order valence-corrected chi connectivity index (χ1v) is 6.13. The zero-order valence-corrected chi connectivity index (χ0v) is 11.3. The molecule has 0 aliphatic rings. The van der Waals surface area contributed by atoms with Crippen LogP contribution in [0.4, 0.5) is 0 Å². The number of imidazole rings is 2. The number of carboxylic acid groups (broad SMARTS) is 1. The van der Waals surface area contributed by atoms with E-state index in [0.29, 0.717) is 27.0 Å². The summed E-state index contributed by atoms with van der Waals surface area (Å²) in [6.45, 7) is 0. The van der Waals surface area contributed by atoms with Gasteiger partial charge in [-0.1, -0.05) is 0 Å². The van der Waals surface area contributed by atoms with Gasteiger partial charge in [0.05, 0.1) is 22.7 Å². The van der Waals surface area contributed by atoms with Crippen LogP contribution in [0.5, 0.6) is 0 Å². The fraction of sp³-hybridized carbons (Fsp3) is 0.0833. The van der Waals surface area contributed by atoms with E-state index in [4.69, 9.17) is 5.26 Å². The molecule has 94 valence electrons. The van der Waals surface area contributed by atoms with Crippen molar-refractivity contribution in [3.63, 3.8) is 0 Å². The van der Waals surface area contributed by atoms with Gasteiger partial charge < -0.3 is 9.67 Å². The fourth-order valence-electron chi connectivity index (χ4n) is 2.13. The van der Waals surface area contributed by atoms with Gasteiger partial charge in [-0.25, -0.2) is 9.78 Å². The molecular formula is C12H7BrN4O2. The quantitative estimate of drug-likeness (QED) is 0.745. The number of halogens is 1. The first kappa shape index (κ1) is 11.7. The van der Waals surface area contributed by atoms with Crippen molar-refractivity contribution in [2.45, 2.75) is 0 Å². The van der Waals surface area contributed by atoms with Crippen LogP contribution in [0.25, 0.3) is 16.8 Å². The van der Waals surface area contributed by atoms with E-state index in [9.17, 15) is 9.90 Å². The predicted molar refractivity (Wildman–Crippen MR) is 71.0 cm³/mol. The second-order valence-corrected chi connectivity index (χ2v) is 4.82. The molecule has 0 spiro atoms. The lowest BCUT2D eigenvalue weighted by molar-refractivity contribution is 0.0685. The summed E-state index contributed by atoms with van der Waals surface area (Å²) in [5.41, 5.74) is 2.03. The summed E-state index contributed by atoms with van der Waals surface area (Å²) in [6.07, 6.45) is 0. The third kappa shape index (κ3) is 1.47. The van der Waals surface area contributed by atoms with Gasteiger partial charge in [0.1, 0.15) is 4.60 Å². The van der Waals surface area contributed by atoms with Crippen LogP contribution in [0.2, 0.25) is 0 Å². The molecule has 3 rings (SSSR count). The number of rotatable bonds is 1. The van der Waals surface area contributed by atoms with Crippen molar-refractivity contribution in [3.05, 3.63) is 34.1 Å². The molecule has 0 bridgehead atoms. The molecule has 0 fully saturated rings. The molecule has 3 aromatic rings. The average molecular weight is 319 g/mol. The van der Waals surface area contributed by atoms with Crippen molar-refractivity contribution in [1.82, 2.24) is 14.0 Å². The van der Waals surface area contributed by atoms with Crippen molar-refractivity contribution in [3.8, 4) is 6.07 Å². The van der Waals surface area contributed by atoms with Gasteiger partial charge in [-0.05, 0) is 34.1 Å². The van der Waals surface area contributed by atoms with Crippen LogP contribution in [0.3, 0.4) is 0 Å². The minimum Gasteiger partial charge on any atom is -0.476 e. The zero-order valence-electron chi connectivity index (χ0n) is 9.75. The average Bonchev–Trinajstić information content (AvgIpc) is 2.86. The number of hydrogen-bond acceptors (Lipinski definition) is 3. The molecule has 7 heteroatoms. The van der Waals surface area contributed by atoms with E-state index >= 15 is 0 Å². The van der Waals surface area contributed by atoms with Crippen LogP contribution in [-0.2, 0) is 7.05 Å². The summed E-state index contributed by atoms with van der Waals surface area (Å²) in [5, 5.41) is 18.1. The van der Waals surface area contributed by atoms with E-state index in [-0.39, 0.29) is 5.69 Å². The Hall–Kier alpha value is -2.33. The number of hydrogen-bond donors (Lipinski definition) is 1. The molecular weight excluding hydrogens is 312 g/mol. The number of nitrogens with zero attached hydrogens (tertiary/aromatic N) is 4. The van der Waals surface area contributed by atoms with Gasteiger partial charge in [-0.2, -0.15) is 5.26 Å². The lowest BCUT2D eigenvalue weighted by Crippen LogP contribution is -2.05. The van der Waals surface area contributed by atoms with Crippen molar-refractivity contribution >= 4 is 38.7 Å². The first-order chi connectivity index (χ1) is 9.04. The first-order valence-electron chi connectivity index (χ1n) is 5.34. The minimum atomic E-state index is -1.04. The molecule has 1 aromatic carbocycles. The Bertz CT molecular complexity index is 885. The van der Waals surface area contributed by atoms with E-state index in [1.807, 2.05) is 0 Å². The smallest absolute Gasteiger partial charge is 0.355 e.